The van der Waals surface area contributed by atoms with Crippen LogP contribution in [0.5, 0.6) is 0 Å². The van der Waals surface area contributed by atoms with Crippen LogP contribution >= 0.6 is 0 Å². The zero-order valence-corrected chi connectivity index (χ0v) is 10.2. The summed E-state index contributed by atoms with van der Waals surface area (Å²) in [6, 6.07) is 0. The Hall–Kier alpha value is -1.10. The van der Waals surface area contributed by atoms with Crippen LogP contribution in [0.1, 0.15) is 26.2 Å². The highest BCUT2D eigenvalue weighted by atomic mass is 16.4. The molecular formula is C12H20N2O3. The van der Waals surface area contributed by atoms with Crippen LogP contribution in [0.4, 0.5) is 0 Å². The molecule has 2 aliphatic rings. The Balaban J connectivity index is 2.01. The summed E-state index contributed by atoms with van der Waals surface area (Å²) in [6.07, 6.45) is 2.32. The smallest absolute Gasteiger partial charge is 0.311 e. The van der Waals surface area contributed by atoms with E-state index in [-0.39, 0.29) is 11.8 Å². The first-order valence-electron chi connectivity index (χ1n) is 6.26. The van der Waals surface area contributed by atoms with Gasteiger partial charge in [-0.3, -0.25) is 9.59 Å². The van der Waals surface area contributed by atoms with Crippen LogP contribution in [0.15, 0.2) is 0 Å². The maximum atomic E-state index is 12.2. The van der Waals surface area contributed by atoms with Gasteiger partial charge in [0, 0.05) is 19.6 Å². The second kappa shape index (κ2) is 4.64. The number of piperidine rings is 1. The third-order valence-corrected chi connectivity index (χ3v) is 3.93. The van der Waals surface area contributed by atoms with E-state index in [1.54, 1.807) is 11.8 Å². The van der Waals surface area contributed by atoms with E-state index in [1.807, 2.05) is 0 Å². The van der Waals surface area contributed by atoms with E-state index in [9.17, 15) is 14.7 Å². The molecule has 1 amide bonds. The van der Waals surface area contributed by atoms with E-state index in [4.69, 9.17) is 0 Å². The van der Waals surface area contributed by atoms with Crippen molar-refractivity contribution in [1.82, 2.24) is 10.2 Å². The van der Waals surface area contributed by atoms with Gasteiger partial charge in [-0.15, -0.1) is 0 Å². The highest BCUT2D eigenvalue weighted by Gasteiger charge is 2.40. The number of amides is 1. The average Bonchev–Trinajstić information content (AvgIpc) is 2.81. The van der Waals surface area contributed by atoms with Crippen LogP contribution in [0, 0.1) is 11.3 Å². The molecule has 0 spiro atoms. The average molecular weight is 240 g/mol. The first-order chi connectivity index (χ1) is 8.03. The number of carboxylic acids is 1. The lowest BCUT2D eigenvalue weighted by atomic mass is 9.81. The highest BCUT2D eigenvalue weighted by molar-refractivity contribution is 5.81. The van der Waals surface area contributed by atoms with Crippen molar-refractivity contribution in [2.24, 2.45) is 11.3 Å². The van der Waals surface area contributed by atoms with E-state index in [1.165, 1.54) is 0 Å². The molecule has 0 aromatic carbocycles. The summed E-state index contributed by atoms with van der Waals surface area (Å²) in [6.45, 7) is 4.43. The molecule has 0 aromatic rings. The second-order valence-corrected chi connectivity index (χ2v) is 5.42. The molecule has 2 aliphatic heterocycles. The Morgan fingerprint density at radius 3 is 2.82 bits per heavy atom. The first kappa shape index (κ1) is 12.4. The number of nitrogens with one attached hydrogen (secondary N) is 1. The molecule has 96 valence electrons. The number of hydrogen-bond acceptors (Lipinski definition) is 3. The Morgan fingerprint density at radius 2 is 2.24 bits per heavy atom. The maximum absolute atomic E-state index is 12.2. The summed E-state index contributed by atoms with van der Waals surface area (Å²) in [4.78, 5) is 25.2. The predicted molar refractivity (Wildman–Crippen MR) is 62.5 cm³/mol. The summed E-state index contributed by atoms with van der Waals surface area (Å²) >= 11 is 0. The summed E-state index contributed by atoms with van der Waals surface area (Å²) in [5.41, 5.74) is -0.764. The fraction of sp³-hybridized carbons (Fsp3) is 0.833. The lowest BCUT2D eigenvalue weighted by Crippen LogP contribution is -2.50. The minimum atomic E-state index is -0.792. The molecular weight excluding hydrogens is 220 g/mol. The van der Waals surface area contributed by atoms with Crippen molar-refractivity contribution >= 4 is 11.9 Å². The van der Waals surface area contributed by atoms with Crippen molar-refractivity contribution in [2.75, 3.05) is 26.2 Å². The van der Waals surface area contributed by atoms with Crippen LogP contribution in [-0.2, 0) is 9.59 Å². The zero-order chi connectivity index (χ0) is 12.5. The molecule has 2 rings (SSSR count). The third-order valence-electron chi connectivity index (χ3n) is 3.93. The van der Waals surface area contributed by atoms with Crippen LogP contribution in [-0.4, -0.2) is 48.1 Å². The monoisotopic (exact) mass is 240 g/mol. The standard InChI is InChI=1S/C12H20N2O3/c1-12(11(16)17)4-2-6-14(8-12)10(15)9-3-5-13-7-9/h9,13H,2-8H2,1H3,(H,16,17). The second-order valence-electron chi connectivity index (χ2n) is 5.42. The van der Waals surface area contributed by atoms with E-state index in [2.05, 4.69) is 5.32 Å². The Bertz CT molecular complexity index is 326. The topological polar surface area (TPSA) is 69.6 Å². The number of nitrogens with zero attached hydrogens (tertiary/aromatic N) is 1. The van der Waals surface area contributed by atoms with Crippen LogP contribution < -0.4 is 5.32 Å². The Labute approximate surface area is 101 Å². The van der Waals surface area contributed by atoms with Gasteiger partial charge >= 0.3 is 5.97 Å². The molecule has 2 unspecified atom stereocenters. The molecule has 0 radical (unpaired) electrons. The number of carbonyl (C=O) groups is 2. The first-order valence-corrected chi connectivity index (χ1v) is 6.26. The maximum Gasteiger partial charge on any atom is 0.311 e. The van der Waals surface area contributed by atoms with E-state index < -0.39 is 11.4 Å². The number of aliphatic carboxylic acids is 1. The number of carbonyl (C=O) groups excluding carboxylic acids is 1. The normalized spacial score (nSPS) is 33.7. The number of likely N-dealkylation sites (tertiary alicyclic amines) is 1. The van der Waals surface area contributed by atoms with Crippen molar-refractivity contribution in [3.63, 3.8) is 0 Å². The van der Waals surface area contributed by atoms with Gasteiger partial charge in [-0.25, -0.2) is 0 Å². The molecule has 2 atom stereocenters. The summed E-state index contributed by atoms with van der Waals surface area (Å²) in [5.74, 6) is -0.618. The van der Waals surface area contributed by atoms with E-state index in [0.29, 0.717) is 19.5 Å². The Kier molecular flexibility index (Phi) is 3.38. The minimum Gasteiger partial charge on any atom is -0.481 e. The van der Waals surface area contributed by atoms with Gasteiger partial charge in [0.05, 0.1) is 11.3 Å². The quantitative estimate of drug-likeness (QED) is 0.729. The molecule has 2 saturated heterocycles. The molecule has 2 fully saturated rings. The summed E-state index contributed by atoms with van der Waals surface area (Å²) in [7, 11) is 0. The van der Waals surface area contributed by atoms with Crippen molar-refractivity contribution in [1.29, 1.82) is 0 Å². The van der Waals surface area contributed by atoms with Crippen LogP contribution in [0.25, 0.3) is 0 Å². The van der Waals surface area contributed by atoms with E-state index >= 15 is 0 Å². The van der Waals surface area contributed by atoms with Gasteiger partial charge < -0.3 is 15.3 Å². The summed E-state index contributed by atoms with van der Waals surface area (Å²) in [5, 5.41) is 12.4. The van der Waals surface area contributed by atoms with E-state index in [0.717, 1.165) is 25.9 Å². The van der Waals surface area contributed by atoms with Gasteiger partial charge in [-0.2, -0.15) is 0 Å². The lowest BCUT2D eigenvalue weighted by molar-refractivity contribution is -0.154. The van der Waals surface area contributed by atoms with Gasteiger partial charge in [0.15, 0.2) is 0 Å². The predicted octanol–water partition coefficient (Wildman–Crippen LogP) is 0.309. The van der Waals surface area contributed by atoms with Gasteiger partial charge in [-0.1, -0.05) is 0 Å². The van der Waals surface area contributed by atoms with Crippen molar-refractivity contribution < 1.29 is 14.7 Å². The van der Waals surface area contributed by atoms with Crippen molar-refractivity contribution in [2.45, 2.75) is 26.2 Å². The molecule has 2 heterocycles. The number of hydrogen-bond donors (Lipinski definition) is 2. The van der Waals surface area contributed by atoms with Gasteiger partial charge in [0.1, 0.15) is 0 Å². The largest absolute Gasteiger partial charge is 0.481 e. The molecule has 5 nitrogen and oxygen atoms in total. The zero-order valence-electron chi connectivity index (χ0n) is 10.2. The molecule has 17 heavy (non-hydrogen) atoms. The van der Waals surface area contributed by atoms with Gasteiger partial charge in [0.2, 0.25) is 5.91 Å². The number of carboxylic acid groups (broad SMARTS) is 1. The fourth-order valence-corrected chi connectivity index (χ4v) is 2.73. The van der Waals surface area contributed by atoms with Crippen molar-refractivity contribution in [3.05, 3.63) is 0 Å². The fourth-order valence-electron chi connectivity index (χ4n) is 2.73. The SMILES string of the molecule is CC1(C(=O)O)CCCN(C(=O)C2CCNC2)C1. The molecule has 5 heteroatoms. The van der Waals surface area contributed by atoms with Crippen LogP contribution in [0.3, 0.4) is 0 Å². The van der Waals surface area contributed by atoms with Gasteiger partial charge in [-0.05, 0) is 32.7 Å². The minimum absolute atomic E-state index is 0.0474. The summed E-state index contributed by atoms with van der Waals surface area (Å²) < 4.78 is 0. The Morgan fingerprint density at radius 1 is 1.47 bits per heavy atom. The molecule has 0 saturated carbocycles. The van der Waals surface area contributed by atoms with Gasteiger partial charge in [0.25, 0.3) is 0 Å². The molecule has 0 aliphatic carbocycles. The molecule has 0 aromatic heterocycles. The lowest BCUT2D eigenvalue weighted by Gasteiger charge is -2.38. The molecule has 2 N–H and O–H groups in total. The highest BCUT2D eigenvalue weighted by Crippen LogP contribution is 2.30. The molecule has 0 bridgehead atoms. The van der Waals surface area contributed by atoms with Crippen LogP contribution in [0.2, 0.25) is 0 Å². The third kappa shape index (κ3) is 2.44. The van der Waals surface area contributed by atoms with Crippen molar-refractivity contribution in [3.8, 4) is 0 Å². The number of rotatable bonds is 2.